The summed E-state index contributed by atoms with van der Waals surface area (Å²) >= 11 is 0. The van der Waals surface area contributed by atoms with Gasteiger partial charge in [-0.15, -0.1) is 0 Å². The number of methoxy groups -OCH3 is 1. The van der Waals surface area contributed by atoms with E-state index in [4.69, 9.17) is 14.2 Å². The van der Waals surface area contributed by atoms with E-state index >= 15 is 0 Å². The molecule has 0 radical (unpaired) electrons. The zero-order valence-corrected chi connectivity index (χ0v) is 29.0. The Morgan fingerprint density at radius 3 is 2.40 bits per heavy atom. The van der Waals surface area contributed by atoms with Crippen molar-refractivity contribution in [1.29, 1.82) is 0 Å². The Bertz CT molecular complexity index is 1240. The summed E-state index contributed by atoms with van der Waals surface area (Å²) in [6.45, 7) is 16.7. The SMILES string of the molecule is CO[C@@H]1C[C@]2(CO)C3=CC[C@@]4(C)[C@H](C(=O)OCc5ccccc5)[C@@](C)([C@H](C)C(C)C)CC[C@]4(C)[C@H]3CC[C@H]2[C@H](C)[C@H]1OCC=O. The van der Waals surface area contributed by atoms with Gasteiger partial charge in [-0.3, -0.25) is 4.79 Å². The summed E-state index contributed by atoms with van der Waals surface area (Å²) < 4.78 is 18.3. The van der Waals surface area contributed by atoms with Crippen LogP contribution in [0.15, 0.2) is 42.0 Å². The summed E-state index contributed by atoms with van der Waals surface area (Å²) in [7, 11) is 1.72. The number of benzene rings is 1. The average Bonchev–Trinajstić information content (AvgIpc) is 3.03. The van der Waals surface area contributed by atoms with Gasteiger partial charge in [0.15, 0.2) is 0 Å². The number of aliphatic hydroxyl groups excluding tert-OH is 1. The summed E-state index contributed by atoms with van der Waals surface area (Å²) in [6, 6.07) is 10.0. The van der Waals surface area contributed by atoms with Crippen molar-refractivity contribution in [1.82, 2.24) is 0 Å². The van der Waals surface area contributed by atoms with Gasteiger partial charge in [-0.2, -0.15) is 0 Å². The normalized spacial score (nSPS) is 41.7. The van der Waals surface area contributed by atoms with Crippen LogP contribution in [-0.2, 0) is 30.4 Å². The third-order valence-corrected chi connectivity index (χ3v) is 14.3. The summed E-state index contributed by atoms with van der Waals surface area (Å²) in [4.78, 5) is 25.7. The molecule has 45 heavy (non-hydrogen) atoms. The summed E-state index contributed by atoms with van der Waals surface area (Å²) in [6.07, 6.45) is 8.35. The predicted octanol–water partition coefficient (Wildman–Crippen LogP) is 7.42. The number of aliphatic hydroxyl groups is 1. The topological polar surface area (TPSA) is 82.1 Å². The molecule has 250 valence electrons. The molecule has 0 aliphatic heterocycles. The molecule has 1 aromatic carbocycles. The number of allylic oxidation sites excluding steroid dienone is 1. The zero-order chi connectivity index (χ0) is 32.8. The lowest BCUT2D eigenvalue weighted by Gasteiger charge is -2.69. The number of hydrogen-bond donors (Lipinski definition) is 1. The minimum Gasteiger partial charge on any atom is -0.461 e. The van der Waals surface area contributed by atoms with Crippen molar-refractivity contribution < 1.29 is 28.9 Å². The molecule has 5 rings (SSSR count). The molecule has 0 heterocycles. The fourth-order valence-electron chi connectivity index (χ4n) is 11.2. The van der Waals surface area contributed by atoms with Crippen LogP contribution in [0, 0.1) is 57.2 Å². The predicted molar refractivity (Wildman–Crippen MR) is 176 cm³/mol. The van der Waals surface area contributed by atoms with E-state index in [0.29, 0.717) is 24.9 Å². The first-order valence-electron chi connectivity index (χ1n) is 17.4. The van der Waals surface area contributed by atoms with Crippen molar-refractivity contribution in [3.63, 3.8) is 0 Å². The van der Waals surface area contributed by atoms with Crippen molar-refractivity contribution in [2.24, 2.45) is 57.2 Å². The van der Waals surface area contributed by atoms with Gasteiger partial charge < -0.3 is 24.1 Å². The number of carbonyl (C=O) groups excluding carboxylic acids is 2. The Balaban J connectivity index is 1.56. The fourth-order valence-corrected chi connectivity index (χ4v) is 11.2. The molecular formula is C39H58O6. The van der Waals surface area contributed by atoms with Gasteiger partial charge in [-0.1, -0.05) is 90.4 Å². The first kappa shape index (κ1) is 34.3. The van der Waals surface area contributed by atoms with Crippen molar-refractivity contribution in [2.45, 2.75) is 106 Å². The van der Waals surface area contributed by atoms with Crippen molar-refractivity contribution >= 4 is 12.3 Å². The van der Waals surface area contributed by atoms with Crippen LogP contribution in [0.2, 0.25) is 0 Å². The van der Waals surface area contributed by atoms with Gasteiger partial charge in [0, 0.05) is 12.5 Å². The average molecular weight is 623 g/mol. The van der Waals surface area contributed by atoms with E-state index in [0.717, 1.165) is 44.0 Å². The number of fused-ring (bicyclic) bond motifs is 5. The second kappa shape index (κ2) is 12.9. The second-order valence-corrected chi connectivity index (χ2v) is 16.1. The quantitative estimate of drug-likeness (QED) is 0.166. The Kier molecular flexibility index (Phi) is 9.82. The molecule has 11 atom stereocenters. The molecule has 0 saturated heterocycles. The first-order chi connectivity index (χ1) is 21.3. The molecule has 0 aromatic heterocycles. The lowest BCUT2D eigenvalue weighted by Crippen LogP contribution is -2.65. The third kappa shape index (κ3) is 5.35. The highest BCUT2D eigenvalue weighted by molar-refractivity contribution is 5.75. The summed E-state index contributed by atoms with van der Waals surface area (Å²) in [5.74, 6) is 1.13. The minimum absolute atomic E-state index is 0.0603. The Morgan fingerprint density at radius 1 is 1.07 bits per heavy atom. The first-order valence-corrected chi connectivity index (χ1v) is 17.4. The molecule has 3 fully saturated rings. The van der Waals surface area contributed by atoms with Gasteiger partial charge in [0.1, 0.15) is 19.5 Å². The number of esters is 1. The van der Waals surface area contributed by atoms with E-state index in [-0.39, 0.29) is 71.3 Å². The van der Waals surface area contributed by atoms with Crippen LogP contribution in [0.5, 0.6) is 0 Å². The van der Waals surface area contributed by atoms with Crippen molar-refractivity contribution in [3.8, 4) is 0 Å². The summed E-state index contributed by atoms with van der Waals surface area (Å²) in [5.41, 5.74) is 1.36. The molecule has 1 N–H and O–H groups in total. The molecule has 1 aromatic rings. The van der Waals surface area contributed by atoms with Crippen LogP contribution >= 0.6 is 0 Å². The maximum atomic E-state index is 14.5. The van der Waals surface area contributed by atoms with Crippen LogP contribution < -0.4 is 0 Å². The molecular weight excluding hydrogens is 564 g/mol. The highest BCUT2D eigenvalue weighted by Gasteiger charge is 2.69. The van der Waals surface area contributed by atoms with Gasteiger partial charge in [-0.25, -0.2) is 0 Å². The standard InChI is InChI=1S/C39H58O6/c1-25(2)27(4)36(5)18-19-37(6)30-15-14-29-26(3)33(44-21-20-40)32(43-8)22-39(29,24-41)31(30)16-17-38(37,7)34(36)35(42)45-23-28-12-10-9-11-13-28/h9-13,16,20,25-27,29-30,32-34,41H,14-15,17-19,21-24H2,1-8H3/t26-,27+,29-,30-,32+,33+,34+,36+,37+,38-,39+/m0/s1. The van der Waals surface area contributed by atoms with Crippen LogP contribution in [0.1, 0.15) is 92.6 Å². The number of ether oxygens (including phenoxy) is 3. The maximum Gasteiger partial charge on any atom is 0.310 e. The van der Waals surface area contributed by atoms with Crippen LogP contribution in [0.4, 0.5) is 0 Å². The van der Waals surface area contributed by atoms with E-state index in [2.05, 4.69) is 54.5 Å². The van der Waals surface area contributed by atoms with Crippen LogP contribution in [-0.4, -0.2) is 49.9 Å². The van der Waals surface area contributed by atoms with E-state index in [1.807, 2.05) is 30.3 Å². The highest BCUT2D eigenvalue weighted by Crippen LogP contribution is 2.73. The summed E-state index contributed by atoms with van der Waals surface area (Å²) in [5, 5.41) is 11.3. The minimum atomic E-state index is -0.399. The number of carbonyl (C=O) groups is 2. The van der Waals surface area contributed by atoms with Crippen molar-refractivity contribution in [3.05, 3.63) is 47.5 Å². The van der Waals surface area contributed by atoms with E-state index in [1.165, 1.54) is 5.57 Å². The molecule has 0 bridgehead atoms. The molecule has 6 nitrogen and oxygen atoms in total. The number of aldehydes is 1. The Hall–Kier alpha value is -2.02. The lowest BCUT2D eigenvalue weighted by molar-refractivity contribution is -0.208. The lowest BCUT2D eigenvalue weighted by atomic mass is 9.35. The fraction of sp³-hybridized carbons (Fsp3) is 0.744. The van der Waals surface area contributed by atoms with Gasteiger partial charge in [0.2, 0.25) is 0 Å². The van der Waals surface area contributed by atoms with Crippen LogP contribution in [0.25, 0.3) is 0 Å². The third-order valence-electron chi connectivity index (χ3n) is 14.3. The van der Waals surface area contributed by atoms with E-state index < -0.39 is 5.41 Å². The molecule has 4 aliphatic rings. The largest absolute Gasteiger partial charge is 0.461 e. The highest BCUT2D eigenvalue weighted by atomic mass is 16.5. The van der Waals surface area contributed by atoms with Crippen molar-refractivity contribution in [2.75, 3.05) is 20.3 Å². The molecule has 0 amide bonds. The molecule has 0 unspecified atom stereocenters. The van der Waals surface area contributed by atoms with E-state index in [9.17, 15) is 14.7 Å². The second-order valence-electron chi connectivity index (χ2n) is 16.1. The number of rotatable bonds is 10. The van der Waals surface area contributed by atoms with Crippen LogP contribution in [0.3, 0.4) is 0 Å². The van der Waals surface area contributed by atoms with E-state index in [1.54, 1.807) is 7.11 Å². The van der Waals surface area contributed by atoms with Gasteiger partial charge in [0.05, 0.1) is 24.7 Å². The smallest absolute Gasteiger partial charge is 0.310 e. The molecule has 6 heteroatoms. The maximum absolute atomic E-state index is 14.5. The van der Waals surface area contributed by atoms with Gasteiger partial charge in [0.25, 0.3) is 0 Å². The monoisotopic (exact) mass is 622 g/mol. The number of hydrogen-bond acceptors (Lipinski definition) is 6. The Labute approximate surface area is 271 Å². The molecule has 3 saturated carbocycles. The molecule has 0 spiro atoms. The van der Waals surface area contributed by atoms with Gasteiger partial charge in [-0.05, 0) is 89.9 Å². The van der Waals surface area contributed by atoms with Gasteiger partial charge >= 0.3 is 5.97 Å². The Morgan fingerprint density at radius 2 is 1.78 bits per heavy atom. The molecule has 4 aliphatic carbocycles. The zero-order valence-electron chi connectivity index (χ0n) is 29.0.